The predicted molar refractivity (Wildman–Crippen MR) is 59.7 cm³/mol. The first-order chi connectivity index (χ1) is 7.13. The van der Waals surface area contributed by atoms with Crippen LogP contribution in [0.4, 0.5) is 4.39 Å². The fraction of sp³-hybridized carbons (Fsp3) is 0.333. The molecule has 15 heavy (non-hydrogen) atoms. The average molecular weight is 209 g/mol. The van der Waals surface area contributed by atoms with Gasteiger partial charge in [-0.3, -0.25) is 0 Å². The van der Waals surface area contributed by atoms with Crippen molar-refractivity contribution in [2.45, 2.75) is 6.92 Å². The average Bonchev–Trinajstić information content (AvgIpc) is 2.20. The largest absolute Gasteiger partial charge is 0.486 e. The van der Waals surface area contributed by atoms with Crippen molar-refractivity contribution in [3.05, 3.63) is 41.7 Å². The van der Waals surface area contributed by atoms with E-state index in [0.717, 1.165) is 11.1 Å². The highest BCUT2D eigenvalue weighted by atomic mass is 19.1. The number of hydrogen-bond acceptors (Lipinski definition) is 2. The quantitative estimate of drug-likeness (QED) is 0.751. The van der Waals surface area contributed by atoms with Crippen LogP contribution in [-0.4, -0.2) is 20.2 Å². The molecule has 1 aromatic carbocycles. The molecular formula is C12H16FNO. The van der Waals surface area contributed by atoms with Gasteiger partial charge in [-0.1, -0.05) is 12.6 Å². The van der Waals surface area contributed by atoms with Crippen LogP contribution in [0.25, 0.3) is 0 Å². The molecule has 2 nitrogen and oxygen atoms in total. The lowest BCUT2D eigenvalue weighted by molar-refractivity contribution is 0.329. The summed E-state index contributed by atoms with van der Waals surface area (Å²) in [7, 11) is 1.83. The minimum Gasteiger partial charge on any atom is -0.486 e. The maximum Gasteiger partial charge on any atom is 0.165 e. The van der Waals surface area contributed by atoms with Gasteiger partial charge in [0.2, 0.25) is 0 Å². The Morgan fingerprint density at radius 1 is 1.53 bits per heavy atom. The Hall–Kier alpha value is -1.35. The number of ether oxygens (including phenoxy) is 1. The van der Waals surface area contributed by atoms with Gasteiger partial charge in [0.25, 0.3) is 0 Å². The summed E-state index contributed by atoms with van der Waals surface area (Å²) in [6.45, 7) is 6.71. The molecule has 1 N–H and O–H groups in total. The van der Waals surface area contributed by atoms with E-state index in [0.29, 0.717) is 13.2 Å². The number of halogens is 1. The zero-order valence-corrected chi connectivity index (χ0v) is 9.14. The van der Waals surface area contributed by atoms with Gasteiger partial charge in [0.15, 0.2) is 11.6 Å². The Morgan fingerprint density at radius 3 is 2.93 bits per heavy atom. The van der Waals surface area contributed by atoms with Gasteiger partial charge < -0.3 is 10.1 Å². The summed E-state index contributed by atoms with van der Waals surface area (Å²) < 4.78 is 18.6. The van der Waals surface area contributed by atoms with E-state index in [9.17, 15) is 4.39 Å². The van der Waals surface area contributed by atoms with Crippen LogP contribution in [0.5, 0.6) is 5.75 Å². The van der Waals surface area contributed by atoms with Crippen LogP contribution >= 0.6 is 0 Å². The molecule has 0 saturated carbocycles. The fourth-order valence-electron chi connectivity index (χ4n) is 1.20. The van der Waals surface area contributed by atoms with Crippen molar-refractivity contribution in [1.29, 1.82) is 0 Å². The Bertz CT molecular complexity index is 349. The van der Waals surface area contributed by atoms with Gasteiger partial charge in [0.05, 0.1) is 0 Å². The van der Waals surface area contributed by atoms with Gasteiger partial charge >= 0.3 is 0 Å². The molecule has 1 aromatic rings. The summed E-state index contributed by atoms with van der Waals surface area (Å²) in [6, 6.07) is 4.80. The molecule has 0 atom stereocenters. The van der Waals surface area contributed by atoms with Crippen molar-refractivity contribution in [2.24, 2.45) is 0 Å². The molecule has 0 radical (unpaired) electrons. The third kappa shape index (κ3) is 3.72. The van der Waals surface area contributed by atoms with E-state index in [1.54, 1.807) is 12.1 Å². The van der Waals surface area contributed by atoms with E-state index >= 15 is 0 Å². The molecule has 0 saturated heterocycles. The molecule has 0 aliphatic carbocycles. The van der Waals surface area contributed by atoms with E-state index in [-0.39, 0.29) is 11.6 Å². The van der Waals surface area contributed by atoms with Gasteiger partial charge in [-0.2, -0.15) is 0 Å². The van der Waals surface area contributed by atoms with E-state index in [1.165, 1.54) is 6.07 Å². The first kappa shape index (κ1) is 11.7. The molecule has 0 aliphatic heterocycles. The summed E-state index contributed by atoms with van der Waals surface area (Å²) in [5.74, 6) is -0.0508. The van der Waals surface area contributed by atoms with Gasteiger partial charge in [-0.25, -0.2) is 4.39 Å². The molecule has 0 unspecified atom stereocenters. The molecule has 0 bridgehead atoms. The molecule has 0 heterocycles. The minimum absolute atomic E-state index is 0.284. The zero-order chi connectivity index (χ0) is 11.3. The number of rotatable bonds is 5. The summed E-state index contributed by atoms with van der Waals surface area (Å²) in [5, 5.41) is 2.96. The van der Waals surface area contributed by atoms with Crippen molar-refractivity contribution in [2.75, 3.05) is 20.2 Å². The monoisotopic (exact) mass is 209 g/mol. The van der Waals surface area contributed by atoms with Crippen LogP contribution in [0.3, 0.4) is 0 Å². The Morgan fingerprint density at radius 2 is 2.27 bits per heavy atom. The normalized spacial score (nSPS) is 10.1. The number of hydrogen-bond donors (Lipinski definition) is 1. The Labute approximate surface area is 89.8 Å². The summed E-state index contributed by atoms with van der Waals surface area (Å²) in [4.78, 5) is 0. The molecule has 1 rings (SSSR count). The maximum atomic E-state index is 13.2. The second kappa shape index (κ2) is 5.51. The smallest absolute Gasteiger partial charge is 0.165 e. The zero-order valence-electron chi connectivity index (χ0n) is 9.14. The molecule has 0 aliphatic rings. The van der Waals surface area contributed by atoms with Crippen LogP contribution in [-0.2, 0) is 0 Å². The standard InChI is InChI=1S/C12H16FNO/c1-9-4-5-11(13)12(6-9)15-8-10(2)7-14-3/h4-6,14H,2,7-8H2,1,3H3. The molecule has 3 heteroatoms. The lowest BCUT2D eigenvalue weighted by Gasteiger charge is -2.09. The summed E-state index contributed by atoms with van der Waals surface area (Å²) in [6.07, 6.45) is 0. The van der Waals surface area contributed by atoms with Crippen LogP contribution in [0.2, 0.25) is 0 Å². The number of likely N-dealkylation sites (N-methyl/N-ethyl adjacent to an activating group) is 1. The lowest BCUT2D eigenvalue weighted by Crippen LogP contribution is -2.14. The minimum atomic E-state index is -0.335. The van der Waals surface area contributed by atoms with E-state index in [4.69, 9.17) is 4.74 Å². The third-order valence-electron chi connectivity index (χ3n) is 1.95. The van der Waals surface area contributed by atoms with Crippen molar-refractivity contribution in [3.8, 4) is 5.75 Å². The maximum absolute atomic E-state index is 13.2. The van der Waals surface area contributed by atoms with Gasteiger partial charge in [0.1, 0.15) is 6.61 Å². The van der Waals surface area contributed by atoms with Crippen LogP contribution in [0.1, 0.15) is 5.56 Å². The van der Waals surface area contributed by atoms with Crippen LogP contribution in [0.15, 0.2) is 30.4 Å². The van der Waals surface area contributed by atoms with Crippen molar-refractivity contribution < 1.29 is 9.13 Å². The highest BCUT2D eigenvalue weighted by molar-refractivity contribution is 5.29. The molecular weight excluding hydrogens is 193 g/mol. The van der Waals surface area contributed by atoms with Crippen molar-refractivity contribution in [3.63, 3.8) is 0 Å². The van der Waals surface area contributed by atoms with Crippen LogP contribution < -0.4 is 10.1 Å². The molecule has 0 spiro atoms. The van der Waals surface area contributed by atoms with Crippen LogP contribution in [0, 0.1) is 12.7 Å². The molecule has 0 amide bonds. The topological polar surface area (TPSA) is 21.3 Å². The van der Waals surface area contributed by atoms with E-state index < -0.39 is 0 Å². The Balaban J connectivity index is 2.57. The van der Waals surface area contributed by atoms with E-state index in [2.05, 4.69) is 11.9 Å². The van der Waals surface area contributed by atoms with Gasteiger partial charge in [-0.15, -0.1) is 0 Å². The van der Waals surface area contributed by atoms with E-state index in [1.807, 2.05) is 14.0 Å². The Kier molecular flexibility index (Phi) is 4.31. The first-order valence-corrected chi connectivity index (χ1v) is 4.83. The highest BCUT2D eigenvalue weighted by Gasteiger charge is 2.03. The molecule has 0 fully saturated rings. The lowest BCUT2D eigenvalue weighted by atomic mass is 10.2. The second-order valence-corrected chi connectivity index (χ2v) is 3.50. The predicted octanol–water partition coefficient (Wildman–Crippen LogP) is 2.29. The fourth-order valence-corrected chi connectivity index (χ4v) is 1.20. The summed E-state index contributed by atoms with van der Waals surface area (Å²) >= 11 is 0. The van der Waals surface area contributed by atoms with Gasteiger partial charge in [0, 0.05) is 6.54 Å². The van der Waals surface area contributed by atoms with Crippen molar-refractivity contribution >= 4 is 0 Å². The van der Waals surface area contributed by atoms with Crippen molar-refractivity contribution in [1.82, 2.24) is 5.32 Å². The SMILES string of the molecule is C=C(CNC)COc1cc(C)ccc1F. The number of benzene rings is 1. The third-order valence-corrected chi connectivity index (χ3v) is 1.95. The first-order valence-electron chi connectivity index (χ1n) is 4.83. The summed E-state index contributed by atoms with van der Waals surface area (Å²) in [5.41, 5.74) is 1.86. The van der Waals surface area contributed by atoms with Gasteiger partial charge in [-0.05, 0) is 37.2 Å². The molecule has 0 aromatic heterocycles. The highest BCUT2D eigenvalue weighted by Crippen LogP contribution is 2.18. The number of nitrogens with one attached hydrogen (secondary N) is 1. The second-order valence-electron chi connectivity index (χ2n) is 3.50. The molecule has 82 valence electrons. The number of aryl methyl sites for hydroxylation is 1.